The Balaban J connectivity index is 1.89. The molecular weight excluding hydrogens is 342 g/mol. The molecule has 3 rings (SSSR count). The summed E-state index contributed by atoms with van der Waals surface area (Å²) < 4.78 is 1.21. The average molecular weight is 357 g/mol. The van der Waals surface area contributed by atoms with E-state index in [0.717, 1.165) is 16.1 Å². The number of thiazole rings is 2. The third kappa shape index (κ3) is 3.84. The summed E-state index contributed by atoms with van der Waals surface area (Å²) in [4.78, 5) is 19.5. The van der Waals surface area contributed by atoms with Gasteiger partial charge in [-0.1, -0.05) is 29.0 Å². The van der Waals surface area contributed by atoms with E-state index in [9.17, 15) is 4.79 Å². The number of nitrogens with zero attached hydrogens (tertiary/aromatic N) is 3. The molecule has 0 aliphatic rings. The van der Waals surface area contributed by atoms with Crippen molar-refractivity contribution in [2.24, 2.45) is 10.2 Å². The fraction of sp³-hybridized carbons (Fsp3) is 0.125. The van der Waals surface area contributed by atoms with Crippen molar-refractivity contribution in [3.05, 3.63) is 59.9 Å². The molecule has 0 atom stereocenters. The third-order valence-electron chi connectivity index (χ3n) is 3.19. The minimum absolute atomic E-state index is 0.167. The molecule has 0 amide bonds. The lowest BCUT2D eigenvalue weighted by Gasteiger charge is -1.98. The van der Waals surface area contributed by atoms with Crippen LogP contribution in [0.25, 0.3) is 12.3 Å². The Bertz CT molecular complexity index is 1070. The molecule has 0 unspecified atom stereocenters. The summed E-state index contributed by atoms with van der Waals surface area (Å²) in [5, 5.41) is 8.73. The average Bonchev–Trinajstić information content (AvgIpc) is 3.08. The van der Waals surface area contributed by atoms with Crippen LogP contribution >= 0.6 is 22.7 Å². The Morgan fingerprint density at radius 2 is 2.12 bits per heavy atom. The van der Waals surface area contributed by atoms with Gasteiger partial charge in [0.25, 0.3) is 5.56 Å². The van der Waals surface area contributed by atoms with Gasteiger partial charge in [0.2, 0.25) is 0 Å². The molecule has 0 aliphatic carbocycles. The van der Waals surface area contributed by atoms with Crippen LogP contribution in [0.3, 0.4) is 0 Å². The van der Waals surface area contributed by atoms with E-state index in [2.05, 4.69) is 26.3 Å². The summed E-state index contributed by atoms with van der Waals surface area (Å²) in [5.41, 5.74) is 8.47. The highest BCUT2D eigenvalue weighted by Gasteiger charge is 1.98. The Kier molecular flexibility index (Phi) is 4.68. The highest BCUT2D eigenvalue weighted by molar-refractivity contribution is 7.16. The second-order valence-corrected chi connectivity index (χ2v) is 7.34. The molecule has 3 aromatic rings. The molecule has 3 N–H and O–H groups in total. The Morgan fingerprint density at radius 1 is 1.29 bits per heavy atom. The Hall–Kier alpha value is -2.58. The molecule has 0 bridgehead atoms. The first-order chi connectivity index (χ1) is 11.5. The minimum Gasteiger partial charge on any atom is -0.375 e. The molecule has 0 saturated carbocycles. The number of aromatic nitrogens is 2. The number of hydrogen-bond donors (Lipinski definition) is 2. The third-order valence-corrected chi connectivity index (χ3v) is 4.91. The van der Waals surface area contributed by atoms with Gasteiger partial charge in [-0.2, -0.15) is 10.2 Å². The summed E-state index contributed by atoms with van der Waals surface area (Å²) in [6.45, 7) is 4.02. The molecule has 8 heteroatoms. The van der Waals surface area contributed by atoms with Crippen LogP contribution in [-0.4, -0.2) is 9.97 Å². The zero-order valence-electron chi connectivity index (χ0n) is 13.1. The molecule has 0 saturated heterocycles. The van der Waals surface area contributed by atoms with Crippen LogP contribution in [-0.2, 0) is 0 Å². The van der Waals surface area contributed by atoms with Crippen molar-refractivity contribution in [2.75, 3.05) is 5.73 Å². The lowest BCUT2D eigenvalue weighted by atomic mass is 10.1. The molecule has 2 heterocycles. The molecule has 2 aromatic heterocycles. The molecule has 0 fully saturated rings. The van der Waals surface area contributed by atoms with Gasteiger partial charge in [-0.05, 0) is 31.6 Å². The highest BCUT2D eigenvalue weighted by atomic mass is 32.1. The first-order valence-electron chi connectivity index (χ1n) is 7.12. The van der Waals surface area contributed by atoms with E-state index >= 15 is 0 Å². The second kappa shape index (κ2) is 6.90. The molecular formula is C16H15N5OS2. The van der Waals surface area contributed by atoms with E-state index < -0.39 is 0 Å². The number of anilines is 1. The van der Waals surface area contributed by atoms with Crippen molar-refractivity contribution >= 4 is 45.8 Å². The monoisotopic (exact) mass is 357 g/mol. The van der Waals surface area contributed by atoms with E-state index in [4.69, 9.17) is 5.73 Å². The van der Waals surface area contributed by atoms with Crippen LogP contribution in [0.1, 0.15) is 16.0 Å². The Morgan fingerprint density at radius 3 is 2.83 bits per heavy atom. The number of nitrogens with one attached hydrogen (secondary N) is 1. The molecule has 0 aliphatic heterocycles. The van der Waals surface area contributed by atoms with Gasteiger partial charge in [0.15, 0.2) is 5.13 Å². The van der Waals surface area contributed by atoms with Crippen molar-refractivity contribution in [1.82, 2.24) is 9.97 Å². The summed E-state index contributed by atoms with van der Waals surface area (Å²) in [6, 6.07) is 5.96. The summed E-state index contributed by atoms with van der Waals surface area (Å²) in [6.07, 6.45) is 4.95. The first kappa shape index (κ1) is 16.3. The molecule has 0 spiro atoms. The van der Waals surface area contributed by atoms with Crippen LogP contribution in [0, 0.1) is 13.8 Å². The zero-order valence-corrected chi connectivity index (χ0v) is 14.7. The van der Waals surface area contributed by atoms with Gasteiger partial charge in [-0.15, -0.1) is 11.3 Å². The maximum atomic E-state index is 12.0. The van der Waals surface area contributed by atoms with E-state index in [1.54, 1.807) is 18.5 Å². The molecule has 122 valence electrons. The van der Waals surface area contributed by atoms with Crippen LogP contribution in [0.15, 0.2) is 39.4 Å². The van der Waals surface area contributed by atoms with Crippen molar-refractivity contribution in [3.8, 4) is 0 Å². The van der Waals surface area contributed by atoms with E-state index in [0.29, 0.717) is 14.3 Å². The smallest absolute Gasteiger partial charge is 0.266 e. The first-order valence-corrected chi connectivity index (χ1v) is 8.75. The van der Waals surface area contributed by atoms with Gasteiger partial charge < -0.3 is 10.7 Å². The number of aryl methyl sites for hydroxylation is 2. The number of rotatable bonds is 3. The highest BCUT2D eigenvalue weighted by Crippen LogP contribution is 2.19. The maximum absolute atomic E-state index is 12.0. The van der Waals surface area contributed by atoms with Crippen LogP contribution < -0.4 is 20.5 Å². The van der Waals surface area contributed by atoms with E-state index in [1.165, 1.54) is 28.2 Å². The molecule has 6 nitrogen and oxygen atoms in total. The predicted octanol–water partition coefficient (Wildman–Crippen LogP) is 2.44. The number of aromatic amines is 1. The van der Waals surface area contributed by atoms with Gasteiger partial charge in [-0.25, -0.2) is 4.98 Å². The van der Waals surface area contributed by atoms with Gasteiger partial charge in [0, 0.05) is 6.20 Å². The summed E-state index contributed by atoms with van der Waals surface area (Å²) in [7, 11) is 0. The van der Waals surface area contributed by atoms with Crippen molar-refractivity contribution in [3.63, 3.8) is 0 Å². The fourth-order valence-corrected chi connectivity index (χ4v) is 3.59. The number of nitrogens with two attached hydrogens (primary N) is 1. The SMILES string of the molecule is Cc1ccc(N=NC=c2[nH]c(=O)c(=Cc3cnc(N)s3)s2)c(C)c1. The topological polar surface area (TPSA) is 96.5 Å². The maximum Gasteiger partial charge on any atom is 0.266 e. The Labute approximate surface area is 145 Å². The van der Waals surface area contributed by atoms with Crippen molar-refractivity contribution in [2.45, 2.75) is 13.8 Å². The number of nitrogen functional groups attached to an aromatic ring is 1. The zero-order chi connectivity index (χ0) is 17.1. The largest absolute Gasteiger partial charge is 0.375 e. The van der Waals surface area contributed by atoms with E-state index in [-0.39, 0.29) is 5.56 Å². The number of hydrogen-bond acceptors (Lipinski definition) is 7. The van der Waals surface area contributed by atoms with Crippen molar-refractivity contribution in [1.29, 1.82) is 0 Å². The van der Waals surface area contributed by atoms with Crippen molar-refractivity contribution < 1.29 is 0 Å². The second-order valence-electron chi connectivity index (χ2n) is 5.16. The van der Waals surface area contributed by atoms with Crippen LogP contribution in [0.4, 0.5) is 10.8 Å². The van der Waals surface area contributed by atoms with Gasteiger partial charge in [-0.3, -0.25) is 4.79 Å². The predicted molar refractivity (Wildman–Crippen MR) is 99.2 cm³/mol. The van der Waals surface area contributed by atoms with Crippen LogP contribution in [0.5, 0.6) is 0 Å². The number of H-pyrrole nitrogens is 1. The van der Waals surface area contributed by atoms with Gasteiger partial charge in [0.1, 0.15) is 4.66 Å². The normalized spacial score (nSPS) is 13.2. The fourth-order valence-electron chi connectivity index (χ4n) is 2.08. The quantitative estimate of drug-likeness (QED) is 0.705. The van der Waals surface area contributed by atoms with Gasteiger partial charge in [0.05, 0.1) is 21.3 Å². The lowest BCUT2D eigenvalue weighted by molar-refractivity contribution is 1.20. The van der Waals surface area contributed by atoms with Crippen LogP contribution in [0.2, 0.25) is 0 Å². The van der Waals surface area contributed by atoms with Gasteiger partial charge >= 0.3 is 0 Å². The number of azo groups is 1. The standard InChI is InChI=1S/C16H15N5OS2/c1-9-3-4-12(10(2)5-9)21-19-8-14-20-15(22)13(24-14)6-11-7-18-16(17)23-11/h3-8H,1-2H3,(H2,17,18)(H,20,22). The molecule has 24 heavy (non-hydrogen) atoms. The molecule has 0 radical (unpaired) electrons. The number of benzene rings is 1. The van der Waals surface area contributed by atoms with E-state index in [1.807, 2.05) is 26.0 Å². The summed E-state index contributed by atoms with van der Waals surface area (Å²) >= 11 is 2.64. The minimum atomic E-state index is -0.167. The lowest BCUT2D eigenvalue weighted by Crippen LogP contribution is -2.19. The summed E-state index contributed by atoms with van der Waals surface area (Å²) in [5.74, 6) is 0. The molecule has 1 aromatic carbocycles.